The Hall–Kier alpha value is -1.23. The van der Waals surface area contributed by atoms with Crippen molar-refractivity contribution < 1.29 is 8.78 Å². The second-order valence-electron chi connectivity index (χ2n) is 4.61. The molecule has 1 atom stereocenters. The highest BCUT2D eigenvalue weighted by Gasteiger charge is 2.28. The molecule has 0 saturated heterocycles. The van der Waals surface area contributed by atoms with E-state index >= 15 is 0 Å². The zero-order valence-electron chi connectivity index (χ0n) is 10.1. The molecule has 5 heteroatoms. The number of nitrogens with one attached hydrogen (secondary N) is 1. The summed E-state index contributed by atoms with van der Waals surface area (Å²) in [5.41, 5.74) is 0. The summed E-state index contributed by atoms with van der Waals surface area (Å²) in [5.74, 6) is -1.19. The highest BCUT2D eigenvalue weighted by Crippen LogP contribution is 2.26. The third kappa shape index (κ3) is 3.12. The predicted octanol–water partition coefficient (Wildman–Crippen LogP) is 2.25. The van der Waals surface area contributed by atoms with E-state index in [9.17, 15) is 8.78 Å². The number of aromatic nitrogens is 1. The number of nitrogens with zero attached hydrogens (tertiary/aromatic N) is 2. The van der Waals surface area contributed by atoms with Crippen LogP contribution in [0.1, 0.15) is 19.8 Å². The molecule has 3 nitrogen and oxygen atoms in total. The molecule has 17 heavy (non-hydrogen) atoms. The first-order valence-corrected chi connectivity index (χ1v) is 5.85. The number of rotatable bonds is 5. The second-order valence-corrected chi connectivity index (χ2v) is 4.61. The van der Waals surface area contributed by atoms with Gasteiger partial charge in [0, 0.05) is 24.7 Å². The van der Waals surface area contributed by atoms with Crippen molar-refractivity contribution in [1.82, 2.24) is 9.88 Å². The molecule has 1 aromatic heterocycles. The summed E-state index contributed by atoms with van der Waals surface area (Å²) in [6.45, 7) is 2.68. The minimum Gasteiger partial charge on any atom is -0.366 e. The Morgan fingerprint density at radius 2 is 2.24 bits per heavy atom. The van der Waals surface area contributed by atoms with E-state index in [1.54, 1.807) is 0 Å². The van der Waals surface area contributed by atoms with E-state index in [4.69, 9.17) is 0 Å². The maximum atomic E-state index is 13.3. The van der Waals surface area contributed by atoms with Gasteiger partial charge in [0.1, 0.15) is 5.82 Å². The number of anilines is 1. The van der Waals surface area contributed by atoms with E-state index < -0.39 is 11.6 Å². The van der Waals surface area contributed by atoms with Crippen LogP contribution in [0.15, 0.2) is 12.3 Å². The first-order chi connectivity index (χ1) is 8.08. The lowest BCUT2D eigenvalue weighted by atomic mass is 10.3. The molecular weight excluding hydrogens is 224 g/mol. The van der Waals surface area contributed by atoms with Gasteiger partial charge in [0.25, 0.3) is 0 Å². The van der Waals surface area contributed by atoms with Crippen molar-refractivity contribution in [3.63, 3.8) is 0 Å². The van der Waals surface area contributed by atoms with Gasteiger partial charge in [-0.1, -0.05) is 0 Å². The Morgan fingerprint density at radius 3 is 2.82 bits per heavy atom. The molecule has 0 amide bonds. The number of likely N-dealkylation sites (N-methyl/N-ethyl adjacent to an activating group) is 1. The van der Waals surface area contributed by atoms with Crippen LogP contribution in [0.25, 0.3) is 0 Å². The largest absolute Gasteiger partial charge is 0.366 e. The molecule has 1 unspecified atom stereocenters. The van der Waals surface area contributed by atoms with E-state index in [-0.39, 0.29) is 5.82 Å². The maximum absolute atomic E-state index is 13.3. The molecule has 1 aliphatic carbocycles. The number of pyridine rings is 1. The van der Waals surface area contributed by atoms with Gasteiger partial charge in [-0.3, -0.25) is 4.90 Å². The van der Waals surface area contributed by atoms with Crippen molar-refractivity contribution in [3.05, 3.63) is 23.9 Å². The van der Waals surface area contributed by atoms with Crippen LogP contribution in [0.5, 0.6) is 0 Å². The zero-order chi connectivity index (χ0) is 12.4. The smallest absolute Gasteiger partial charge is 0.168 e. The fraction of sp³-hybridized carbons (Fsp3) is 0.583. The van der Waals surface area contributed by atoms with Crippen LogP contribution >= 0.6 is 0 Å². The summed E-state index contributed by atoms with van der Waals surface area (Å²) in [6, 6.07) is 1.80. The lowest BCUT2D eigenvalue weighted by Crippen LogP contribution is -2.36. The van der Waals surface area contributed by atoms with Crippen molar-refractivity contribution in [2.45, 2.75) is 31.8 Å². The van der Waals surface area contributed by atoms with Gasteiger partial charge in [-0.05, 0) is 26.8 Å². The molecule has 0 spiro atoms. The molecule has 1 heterocycles. The lowest BCUT2D eigenvalue weighted by molar-refractivity contribution is 0.257. The van der Waals surface area contributed by atoms with Crippen molar-refractivity contribution in [3.8, 4) is 0 Å². The quantitative estimate of drug-likeness (QED) is 0.857. The molecule has 1 fully saturated rings. The molecular formula is C12H17F2N3. The fourth-order valence-electron chi connectivity index (χ4n) is 1.77. The minimum atomic E-state index is -0.656. The average Bonchev–Trinajstić information content (AvgIpc) is 3.10. The standard InChI is InChI=1S/C12H17F2N3/c1-8(17(2)10-3-4-10)6-15-12-11(14)5-9(13)7-16-12/h5,7-8,10H,3-4,6H2,1-2H3,(H,15,16). The number of hydrogen-bond donors (Lipinski definition) is 1. The van der Waals surface area contributed by atoms with Crippen molar-refractivity contribution in [1.29, 1.82) is 0 Å². The van der Waals surface area contributed by atoms with E-state index in [0.717, 1.165) is 12.3 Å². The van der Waals surface area contributed by atoms with Gasteiger partial charge in [0.05, 0.1) is 6.20 Å². The van der Waals surface area contributed by atoms with Crippen molar-refractivity contribution in [2.75, 3.05) is 18.9 Å². The second kappa shape index (κ2) is 4.96. The normalized spacial score (nSPS) is 17.2. The zero-order valence-corrected chi connectivity index (χ0v) is 10.1. The first-order valence-electron chi connectivity index (χ1n) is 5.85. The van der Waals surface area contributed by atoms with Crippen LogP contribution in [0, 0.1) is 11.6 Å². The van der Waals surface area contributed by atoms with E-state index in [1.165, 1.54) is 12.8 Å². The van der Waals surface area contributed by atoms with Gasteiger partial charge in [0.2, 0.25) is 0 Å². The summed E-state index contributed by atoms with van der Waals surface area (Å²) in [6.07, 6.45) is 3.49. The summed E-state index contributed by atoms with van der Waals surface area (Å²) in [5, 5.41) is 2.91. The van der Waals surface area contributed by atoms with E-state index in [2.05, 4.69) is 29.2 Å². The third-order valence-corrected chi connectivity index (χ3v) is 3.19. The van der Waals surface area contributed by atoms with E-state index in [1.807, 2.05) is 0 Å². The van der Waals surface area contributed by atoms with Gasteiger partial charge in [-0.2, -0.15) is 0 Å². The molecule has 94 valence electrons. The summed E-state index contributed by atoms with van der Waals surface area (Å²) < 4.78 is 25.9. The first kappa shape index (κ1) is 12.2. The van der Waals surface area contributed by atoms with Crippen molar-refractivity contribution in [2.24, 2.45) is 0 Å². The van der Waals surface area contributed by atoms with Crippen LogP contribution in [-0.4, -0.2) is 35.6 Å². The summed E-state index contributed by atoms with van der Waals surface area (Å²) in [4.78, 5) is 5.96. The maximum Gasteiger partial charge on any atom is 0.168 e. The molecule has 1 saturated carbocycles. The molecule has 1 N–H and O–H groups in total. The Bertz CT molecular complexity index is 393. The molecule has 1 aromatic rings. The van der Waals surface area contributed by atoms with Crippen LogP contribution in [0.2, 0.25) is 0 Å². The minimum absolute atomic E-state index is 0.113. The topological polar surface area (TPSA) is 28.2 Å². The number of halogens is 2. The summed E-state index contributed by atoms with van der Waals surface area (Å²) in [7, 11) is 2.07. The van der Waals surface area contributed by atoms with Crippen LogP contribution in [-0.2, 0) is 0 Å². The van der Waals surface area contributed by atoms with Gasteiger partial charge < -0.3 is 5.32 Å². The van der Waals surface area contributed by atoms with Gasteiger partial charge in [0.15, 0.2) is 11.6 Å². The van der Waals surface area contributed by atoms with Gasteiger partial charge in [-0.15, -0.1) is 0 Å². The van der Waals surface area contributed by atoms with Gasteiger partial charge in [-0.25, -0.2) is 13.8 Å². The summed E-state index contributed by atoms with van der Waals surface area (Å²) >= 11 is 0. The molecule has 0 bridgehead atoms. The van der Waals surface area contributed by atoms with Crippen LogP contribution in [0.4, 0.5) is 14.6 Å². The van der Waals surface area contributed by atoms with E-state index in [0.29, 0.717) is 18.6 Å². The Kier molecular flexibility index (Phi) is 3.57. The van der Waals surface area contributed by atoms with Crippen LogP contribution < -0.4 is 5.32 Å². The Balaban J connectivity index is 1.88. The fourth-order valence-corrected chi connectivity index (χ4v) is 1.77. The highest BCUT2D eigenvalue weighted by molar-refractivity contribution is 5.35. The molecule has 0 aliphatic heterocycles. The average molecular weight is 241 g/mol. The number of hydrogen-bond acceptors (Lipinski definition) is 3. The monoisotopic (exact) mass is 241 g/mol. The van der Waals surface area contributed by atoms with Gasteiger partial charge >= 0.3 is 0 Å². The third-order valence-electron chi connectivity index (χ3n) is 3.19. The molecule has 1 aliphatic rings. The lowest BCUT2D eigenvalue weighted by Gasteiger charge is -2.24. The Morgan fingerprint density at radius 1 is 1.53 bits per heavy atom. The highest BCUT2D eigenvalue weighted by atomic mass is 19.1. The predicted molar refractivity (Wildman–Crippen MR) is 62.9 cm³/mol. The Labute approximate surface area is 99.8 Å². The molecule has 0 aromatic carbocycles. The SMILES string of the molecule is CC(CNc1ncc(F)cc1F)N(C)C1CC1. The molecule has 2 rings (SSSR count). The molecule has 0 radical (unpaired) electrons. The van der Waals surface area contributed by atoms with Crippen molar-refractivity contribution >= 4 is 5.82 Å². The van der Waals surface area contributed by atoms with Crippen LogP contribution in [0.3, 0.4) is 0 Å².